The van der Waals surface area contributed by atoms with Gasteiger partial charge in [0, 0.05) is 11.6 Å². The first-order valence-electron chi connectivity index (χ1n) is 13.3. The zero-order chi connectivity index (χ0) is 22.2. The Labute approximate surface area is 201 Å². The molecule has 3 nitrogen and oxygen atoms in total. The second-order valence-electron chi connectivity index (χ2n) is 10.5. The summed E-state index contributed by atoms with van der Waals surface area (Å²) in [6.45, 7) is 0. The van der Waals surface area contributed by atoms with Crippen molar-refractivity contribution in [3.8, 4) is 0 Å². The largest absolute Gasteiger partial charge is 0.478 e. The molecule has 0 unspecified atom stereocenters. The number of carboxylic acids is 1. The van der Waals surface area contributed by atoms with Gasteiger partial charge in [0.1, 0.15) is 0 Å². The summed E-state index contributed by atoms with van der Waals surface area (Å²) in [5.41, 5.74) is 1.10. The van der Waals surface area contributed by atoms with E-state index in [1.807, 2.05) is 6.07 Å². The van der Waals surface area contributed by atoms with Crippen molar-refractivity contribution in [2.45, 2.75) is 108 Å². The molecule has 1 aromatic heterocycles. The number of rotatable bonds is 4. The Bertz CT molecular complexity index is 809. The van der Waals surface area contributed by atoms with Crippen molar-refractivity contribution < 1.29 is 9.90 Å². The van der Waals surface area contributed by atoms with E-state index in [1.54, 1.807) is 127 Å². The summed E-state index contributed by atoms with van der Waals surface area (Å²) < 4.78 is 4.00. The molecule has 0 bridgehead atoms. The average Bonchev–Trinajstić information content (AvgIpc) is 2.86. The molecule has 0 radical (unpaired) electrons. The number of nitrogens with zero attached hydrogens (tertiary/aromatic N) is 1. The molecule has 2 aromatic rings. The molecule has 4 heteroatoms. The van der Waals surface area contributed by atoms with Crippen molar-refractivity contribution in [2.75, 3.05) is 0 Å². The van der Waals surface area contributed by atoms with Crippen LogP contribution < -0.4 is 0 Å². The van der Waals surface area contributed by atoms with E-state index in [0.717, 1.165) is 10.9 Å². The minimum absolute atomic E-state index is 0.292. The quantitative estimate of drug-likeness (QED) is 0.397. The maximum Gasteiger partial charge on any atom is 0.335 e. The van der Waals surface area contributed by atoms with Gasteiger partial charge in [-0.15, -0.1) is 0 Å². The molecule has 3 fully saturated rings. The van der Waals surface area contributed by atoms with Crippen LogP contribution in [-0.4, -0.2) is 35.8 Å². The first-order chi connectivity index (χ1) is 15.7. The summed E-state index contributed by atoms with van der Waals surface area (Å²) in [7, 11) is 0. The molecule has 32 heavy (non-hydrogen) atoms. The molecule has 1 N–H and O–H groups in total. The molecule has 1 heterocycles. The minimum Gasteiger partial charge on any atom is -0.478 e. The average molecular weight is 542 g/mol. The number of hydrogen-bond donors (Lipinski definition) is 1. The molecular formula is C28H41NO2Sn. The summed E-state index contributed by atoms with van der Waals surface area (Å²) in [5.74, 6) is -0.911. The molecule has 0 amide bonds. The third-order valence-corrected chi connectivity index (χ3v) is 23.5. The number of aromatic carboxylic acids is 1. The monoisotopic (exact) mass is 543 g/mol. The number of aromatic nitrogens is 1. The third kappa shape index (κ3) is 6.48. The normalized spacial score (nSPS) is 21.3. The molecule has 0 atom stereocenters. The van der Waals surface area contributed by atoms with Crippen LogP contribution in [0.4, 0.5) is 0 Å². The van der Waals surface area contributed by atoms with Crippen molar-refractivity contribution in [3.05, 3.63) is 42.1 Å². The van der Waals surface area contributed by atoms with Crippen molar-refractivity contribution in [3.63, 3.8) is 0 Å². The van der Waals surface area contributed by atoms with Crippen LogP contribution >= 0.6 is 0 Å². The first-order valence-corrected chi connectivity index (χ1v) is 19.0. The predicted octanol–water partition coefficient (Wildman–Crippen LogP) is 8.15. The van der Waals surface area contributed by atoms with Crippen molar-refractivity contribution in [2.24, 2.45) is 0 Å². The number of carbonyl (C=O) groups is 1. The van der Waals surface area contributed by atoms with Crippen LogP contribution in [0, 0.1) is 0 Å². The standard InChI is InChI=1S/C10H7NO2.3C6H11.Sn.H/c12-10(13)8-3-4-9-7(6-8)2-1-5-11-9;3*1-2-4-6-5-3-1;;/h1-6H,(H,12,13);3*1H,2-6H2;;. The molecule has 0 saturated heterocycles. The Hall–Kier alpha value is -1.10. The van der Waals surface area contributed by atoms with E-state index in [-0.39, 0.29) is 0 Å². The summed E-state index contributed by atoms with van der Waals surface area (Å²) >= 11 is -1.31. The molecule has 0 spiro atoms. The number of carboxylic acid groups (broad SMARTS) is 1. The number of benzene rings is 1. The van der Waals surface area contributed by atoms with Crippen LogP contribution in [-0.2, 0) is 0 Å². The van der Waals surface area contributed by atoms with Crippen LogP contribution in [0.5, 0.6) is 0 Å². The zero-order valence-corrected chi connectivity index (χ0v) is 23.0. The van der Waals surface area contributed by atoms with Gasteiger partial charge in [0.25, 0.3) is 0 Å². The van der Waals surface area contributed by atoms with E-state index in [2.05, 4.69) is 4.98 Å². The maximum atomic E-state index is 10.6. The summed E-state index contributed by atoms with van der Waals surface area (Å²) in [6, 6.07) is 8.50. The van der Waals surface area contributed by atoms with Crippen LogP contribution in [0.3, 0.4) is 0 Å². The first kappa shape index (κ1) is 24.0. The van der Waals surface area contributed by atoms with Gasteiger partial charge < -0.3 is 5.11 Å². The van der Waals surface area contributed by atoms with Gasteiger partial charge in [0.2, 0.25) is 0 Å². The Morgan fingerprint density at radius 1 is 0.750 bits per heavy atom. The Morgan fingerprint density at radius 3 is 1.72 bits per heavy atom. The molecule has 1 aromatic carbocycles. The zero-order valence-electron chi connectivity index (χ0n) is 19.7. The second kappa shape index (κ2) is 12.4. The van der Waals surface area contributed by atoms with E-state index in [1.165, 1.54) is 11.8 Å². The van der Waals surface area contributed by atoms with E-state index >= 15 is 0 Å². The van der Waals surface area contributed by atoms with Crippen LogP contribution in [0.25, 0.3) is 10.9 Å². The van der Waals surface area contributed by atoms with Gasteiger partial charge in [-0.25, -0.2) is 4.79 Å². The van der Waals surface area contributed by atoms with E-state index < -0.39 is 25.7 Å². The molecule has 3 aliphatic rings. The Kier molecular flexibility index (Phi) is 9.30. The number of hydrogen-bond acceptors (Lipinski definition) is 2. The minimum atomic E-state index is -1.31. The fraction of sp³-hybridized carbons (Fsp3) is 0.643. The van der Waals surface area contributed by atoms with Crippen LogP contribution in [0.2, 0.25) is 11.8 Å². The SMILES string of the molecule is C1CC[CH]([SnH]([CH]2CCCCC2)[CH]2CCCCC2)CC1.O=C(O)c1ccc2ncccc2c1. The number of fused-ring (bicyclic) bond motifs is 1. The fourth-order valence-corrected chi connectivity index (χ4v) is 24.1. The molecule has 3 aliphatic carbocycles. The Balaban J connectivity index is 0.000000165. The van der Waals surface area contributed by atoms with E-state index in [0.29, 0.717) is 5.56 Å². The fourth-order valence-electron chi connectivity index (χ4n) is 6.92. The maximum absolute atomic E-state index is 10.6. The van der Waals surface area contributed by atoms with Crippen molar-refractivity contribution in [1.29, 1.82) is 0 Å². The van der Waals surface area contributed by atoms with Crippen molar-refractivity contribution >= 4 is 36.6 Å². The van der Waals surface area contributed by atoms with Gasteiger partial charge in [0.15, 0.2) is 0 Å². The Morgan fingerprint density at radius 2 is 1.25 bits per heavy atom. The molecule has 3 saturated carbocycles. The van der Waals surface area contributed by atoms with Gasteiger partial charge in [0.05, 0.1) is 11.1 Å². The van der Waals surface area contributed by atoms with Gasteiger partial charge in [-0.1, -0.05) is 6.07 Å². The van der Waals surface area contributed by atoms with Crippen LogP contribution in [0.1, 0.15) is 107 Å². The summed E-state index contributed by atoms with van der Waals surface area (Å²) in [6.07, 6.45) is 26.0. The molecule has 0 aliphatic heterocycles. The smallest absolute Gasteiger partial charge is 0.335 e. The van der Waals surface area contributed by atoms with Gasteiger partial charge in [-0.05, 0) is 24.3 Å². The topological polar surface area (TPSA) is 50.2 Å². The molecule has 174 valence electrons. The van der Waals surface area contributed by atoms with Gasteiger partial charge >= 0.3 is 134 Å². The predicted molar refractivity (Wildman–Crippen MR) is 136 cm³/mol. The van der Waals surface area contributed by atoms with E-state index in [9.17, 15) is 4.79 Å². The summed E-state index contributed by atoms with van der Waals surface area (Å²) in [4.78, 5) is 14.7. The van der Waals surface area contributed by atoms with E-state index in [4.69, 9.17) is 5.11 Å². The van der Waals surface area contributed by atoms with Crippen LogP contribution in [0.15, 0.2) is 36.5 Å². The summed E-state index contributed by atoms with van der Waals surface area (Å²) in [5, 5.41) is 9.57. The van der Waals surface area contributed by atoms with Gasteiger partial charge in [-0.2, -0.15) is 0 Å². The second-order valence-corrected chi connectivity index (χ2v) is 21.9. The van der Waals surface area contributed by atoms with Gasteiger partial charge in [-0.3, -0.25) is 4.98 Å². The number of pyridine rings is 1. The molecular weight excluding hydrogens is 501 g/mol. The van der Waals surface area contributed by atoms with Crippen molar-refractivity contribution in [1.82, 2.24) is 4.98 Å². The third-order valence-electron chi connectivity index (χ3n) is 8.43. The molecule has 5 rings (SSSR count).